The molecule has 3 nitrogen and oxygen atoms in total. The lowest BCUT2D eigenvalue weighted by atomic mass is 9.79. The highest BCUT2D eigenvalue weighted by Crippen LogP contribution is 2.48. The van der Waals surface area contributed by atoms with Crippen LogP contribution in [0.25, 0.3) is 54.9 Å². The minimum absolute atomic E-state index is 0.112. The third kappa shape index (κ3) is 3.02. The van der Waals surface area contributed by atoms with Gasteiger partial charge in [0, 0.05) is 24.3 Å². The fraction of sp³-hybridized carbons (Fsp3) is 0.267. The molecule has 0 heterocycles. The molecule has 0 spiro atoms. The van der Waals surface area contributed by atoms with Crippen molar-refractivity contribution < 1.29 is 13.1 Å². The molecule has 2 aliphatic rings. The van der Waals surface area contributed by atoms with Gasteiger partial charge in [0.05, 0.1) is 16.8 Å². The number of hydrogen-bond acceptors (Lipinski definition) is 5. The van der Waals surface area contributed by atoms with Crippen LogP contribution in [-0.2, 0) is 19.5 Å². The monoisotopic (exact) mass is 498 g/mol. The van der Waals surface area contributed by atoms with Crippen molar-refractivity contribution in [2.24, 2.45) is 0 Å². The Hall–Kier alpha value is -2.44. The van der Waals surface area contributed by atoms with Gasteiger partial charge < -0.3 is 13.1 Å². The number of methoxy groups -OCH3 is 1. The first-order valence-corrected chi connectivity index (χ1v) is 13.2. The van der Waals surface area contributed by atoms with E-state index in [2.05, 4.69) is 81.4 Å². The zero-order chi connectivity index (χ0) is 23.9. The van der Waals surface area contributed by atoms with Crippen molar-refractivity contribution in [3.05, 3.63) is 70.1 Å². The highest BCUT2D eigenvalue weighted by molar-refractivity contribution is 7.96. The van der Waals surface area contributed by atoms with Crippen LogP contribution in [0.2, 0.25) is 0 Å². The number of hydrogen-bond donors (Lipinski definition) is 1. The summed E-state index contributed by atoms with van der Waals surface area (Å²) >= 11 is 5.84. The quantitative estimate of drug-likeness (QED) is 0.119. The summed E-state index contributed by atoms with van der Waals surface area (Å²) in [6.45, 7) is 5.06. The van der Waals surface area contributed by atoms with Crippen LogP contribution in [0.1, 0.15) is 37.5 Å². The van der Waals surface area contributed by atoms with E-state index in [1.807, 2.05) is 0 Å². The predicted molar refractivity (Wildman–Crippen MR) is 151 cm³/mol. The topological polar surface area (TPSA) is 27.7 Å². The van der Waals surface area contributed by atoms with Gasteiger partial charge in [-0.15, -0.1) is 0 Å². The molecule has 35 heavy (non-hydrogen) atoms. The van der Waals surface area contributed by atoms with Crippen molar-refractivity contribution in [1.29, 1.82) is 0 Å². The third-order valence-electron chi connectivity index (χ3n) is 7.72. The Kier molecular flexibility index (Phi) is 4.85. The summed E-state index contributed by atoms with van der Waals surface area (Å²) in [7, 11) is 1.74. The minimum Gasteiger partial charge on any atom is -0.426 e. The van der Waals surface area contributed by atoms with E-state index in [0.717, 1.165) is 29.4 Å². The Morgan fingerprint density at radius 2 is 1.63 bits per heavy atom. The lowest BCUT2D eigenvalue weighted by Crippen LogP contribution is -2.25. The molecule has 0 saturated carbocycles. The maximum absolute atomic E-state index is 6.57. The molecule has 0 bridgehead atoms. The lowest BCUT2D eigenvalue weighted by Gasteiger charge is -2.30. The molecular formula is C30H26O3S2. The zero-order valence-corrected chi connectivity index (χ0v) is 21.7. The molecule has 5 aromatic rings. The molecule has 5 heteroatoms. The van der Waals surface area contributed by atoms with Crippen LogP contribution in [0.4, 0.5) is 0 Å². The fourth-order valence-corrected chi connectivity index (χ4v) is 6.87. The minimum atomic E-state index is -0.387. The van der Waals surface area contributed by atoms with Gasteiger partial charge in [-0.2, -0.15) is 0 Å². The highest BCUT2D eigenvalue weighted by atomic mass is 32.2. The molecule has 0 aliphatic heterocycles. The standard InChI is InChI=1S/C30H26O3S2/c1-30(2,14-15-31-3)35-33-29-21-13-11-19-9-7-17-5-4-16-6-8-18-10-12-20(28(29)32-34)26-24(18)22(16)23(17)25(19)27(21)26/h4-6,8-13,28,34H,7,14-15H2,1-3H3. The van der Waals surface area contributed by atoms with Crippen LogP contribution in [-0.4, -0.2) is 18.5 Å². The number of thiol groups is 1. The van der Waals surface area contributed by atoms with E-state index in [1.165, 1.54) is 65.9 Å². The van der Waals surface area contributed by atoms with Gasteiger partial charge in [-0.3, -0.25) is 0 Å². The van der Waals surface area contributed by atoms with Crippen LogP contribution in [0.15, 0.2) is 48.5 Å². The highest BCUT2D eigenvalue weighted by Gasteiger charge is 2.33. The van der Waals surface area contributed by atoms with Crippen molar-refractivity contribution in [3.63, 3.8) is 0 Å². The van der Waals surface area contributed by atoms with E-state index in [9.17, 15) is 0 Å². The Morgan fingerprint density at radius 1 is 0.886 bits per heavy atom. The van der Waals surface area contributed by atoms with Crippen molar-refractivity contribution in [1.82, 2.24) is 0 Å². The van der Waals surface area contributed by atoms with E-state index in [0.29, 0.717) is 6.61 Å². The van der Waals surface area contributed by atoms with Gasteiger partial charge in [-0.05, 0) is 93.6 Å². The average Bonchev–Trinajstić information content (AvgIpc) is 2.88. The van der Waals surface area contributed by atoms with Crippen LogP contribution in [0, 0.1) is 0 Å². The maximum Gasteiger partial charge on any atom is 0.157 e. The van der Waals surface area contributed by atoms with E-state index < -0.39 is 0 Å². The molecule has 1 unspecified atom stereocenters. The Morgan fingerprint density at radius 3 is 2.40 bits per heavy atom. The van der Waals surface area contributed by atoms with Crippen molar-refractivity contribution in [2.45, 2.75) is 37.5 Å². The lowest BCUT2D eigenvalue weighted by molar-refractivity contribution is 0.186. The molecule has 0 fully saturated rings. The van der Waals surface area contributed by atoms with E-state index in [4.69, 9.17) is 13.1 Å². The molecule has 2 aliphatic carbocycles. The summed E-state index contributed by atoms with van der Waals surface area (Å²) in [6, 6.07) is 17.9. The van der Waals surface area contributed by atoms with Gasteiger partial charge in [0.25, 0.3) is 0 Å². The SMILES string of the molecule is COCCC(C)(C)SOC1=c2ccc3c4c5c(ccc6ccc7ccc(c(c24)c7c65)C1OS)CC=3. The molecule has 0 amide bonds. The second-order valence-electron chi connectivity index (χ2n) is 10.3. The fourth-order valence-electron chi connectivity index (χ4n) is 6.00. The third-order valence-corrected chi connectivity index (χ3v) is 8.85. The van der Waals surface area contributed by atoms with Gasteiger partial charge >= 0.3 is 0 Å². The average molecular weight is 499 g/mol. The summed E-state index contributed by atoms with van der Waals surface area (Å²) in [6.07, 6.45) is 3.82. The first-order chi connectivity index (χ1) is 17.0. The van der Waals surface area contributed by atoms with Gasteiger partial charge in [0.2, 0.25) is 0 Å². The predicted octanol–water partition coefficient (Wildman–Crippen LogP) is 6.58. The Labute approximate surface area is 213 Å². The summed E-state index contributed by atoms with van der Waals surface area (Å²) in [5.41, 5.74) is 2.51. The number of ether oxygens (including phenoxy) is 1. The van der Waals surface area contributed by atoms with E-state index >= 15 is 0 Å². The molecular weight excluding hydrogens is 472 g/mol. The van der Waals surface area contributed by atoms with Gasteiger partial charge in [-0.1, -0.05) is 54.6 Å². The van der Waals surface area contributed by atoms with Gasteiger partial charge in [-0.25, -0.2) is 0 Å². The second kappa shape index (κ2) is 7.78. The summed E-state index contributed by atoms with van der Waals surface area (Å²) in [5, 5.41) is 12.9. The summed E-state index contributed by atoms with van der Waals surface area (Å²) in [5.74, 6) is 0.818. The maximum atomic E-state index is 6.57. The Balaban J connectivity index is 1.62. The Bertz CT molecular complexity index is 1790. The van der Waals surface area contributed by atoms with Gasteiger partial charge in [0.1, 0.15) is 0 Å². The first kappa shape index (κ1) is 21.8. The molecule has 7 rings (SSSR count). The summed E-state index contributed by atoms with van der Waals surface area (Å²) in [4.78, 5) is 0. The number of benzene rings is 5. The van der Waals surface area contributed by atoms with Crippen LogP contribution in [0.5, 0.6) is 0 Å². The molecule has 0 saturated heterocycles. The molecule has 5 aromatic carbocycles. The zero-order valence-electron chi connectivity index (χ0n) is 20.0. The van der Waals surface area contributed by atoms with Crippen LogP contribution in [0.3, 0.4) is 0 Å². The molecule has 176 valence electrons. The van der Waals surface area contributed by atoms with Crippen LogP contribution < -0.4 is 10.4 Å². The smallest absolute Gasteiger partial charge is 0.157 e. The molecule has 0 aromatic heterocycles. The normalized spacial score (nSPS) is 16.9. The van der Waals surface area contributed by atoms with Crippen molar-refractivity contribution in [3.8, 4) is 0 Å². The van der Waals surface area contributed by atoms with E-state index in [1.54, 1.807) is 7.11 Å². The second-order valence-corrected chi connectivity index (χ2v) is 11.9. The molecule has 0 radical (unpaired) electrons. The van der Waals surface area contributed by atoms with Crippen LogP contribution >= 0.6 is 25.0 Å². The summed E-state index contributed by atoms with van der Waals surface area (Å²) < 4.78 is 17.6. The van der Waals surface area contributed by atoms with Gasteiger partial charge in [0.15, 0.2) is 11.9 Å². The molecule has 0 N–H and O–H groups in total. The number of rotatable bonds is 7. The largest absolute Gasteiger partial charge is 0.426 e. The van der Waals surface area contributed by atoms with Crippen molar-refractivity contribution in [2.75, 3.05) is 13.7 Å². The first-order valence-electron chi connectivity index (χ1n) is 12.1. The van der Waals surface area contributed by atoms with Crippen molar-refractivity contribution >= 4 is 79.9 Å². The van der Waals surface area contributed by atoms with E-state index in [-0.39, 0.29) is 10.9 Å². The molecule has 1 atom stereocenters.